The van der Waals surface area contributed by atoms with Gasteiger partial charge in [-0.3, -0.25) is 24.5 Å². The summed E-state index contributed by atoms with van der Waals surface area (Å²) in [5.74, 6) is -2.24. The van der Waals surface area contributed by atoms with Crippen LogP contribution in [0, 0.1) is 10.1 Å². The van der Waals surface area contributed by atoms with Crippen LogP contribution in [0.4, 0.5) is 11.4 Å². The molecule has 130 valence electrons. The van der Waals surface area contributed by atoms with Gasteiger partial charge < -0.3 is 21.5 Å². The van der Waals surface area contributed by atoms with Crippen LogP contribution in [-0.4, -0.2) is 39.9 Å². The Labute approximate surface area is 137 Å². The molecule has 24 heavy (non-hydrogen) atoms. The Hall–Kier alpha value is -3.01. The number of anilines is 1. The molecule has 0 aliphatic rings. The summed E-state index contributed by atoms with van der Waals surface area (Å²) in [5, 5.41) is 24.0. The number of aliphatic carboxylic acids is 1. The van der Waals surface area contributed by atoms with Crippen LogP contribution < -0.4 is 16.4 Å². The van der Waals surface area contributed by atoms with Gasteiger partial charge in [-0.2, -0.15) is 0 Å². The second-order valence-electron chi connectivity index (χ2n) is 5.06. The number of nitrogens with zero attached hydrogens (tertiary/aromatic N) is 1. The van der Waals surface area contributed by atoms with Crippen LogP contribution in [0.15, 0.2) is 24.3 Å². The molecule has 10 nitrogen and oxygen atoms in total. The third kappa shape index (κ3) is 6.01. The monoisotopic (exact) mass is 338 g/mol. The van der Waals surface area contributed by atoms with Crippen LogP contribution >= 0.6 is 0 Å². The number of amides is 2. The maximum absolute atomic E-state index is 12.0. The van der Waals surface area contributed by atoms with E-state index in [-0.39, 0.29) is 18.5 Å². The van der Waals surface area contributed by atoms with Crippen molar-refractivity contribution in [3.8, 4) is 0 Å². The summed E-state index contributed by atoms with van der Waals surface area (Å²) in [5.41, 5.74) is 5.76. The highest BCUT2D eigenvalue weighted by Crippen LogP contribution is 2.15. The second kappa shape index (κ2) is 8.58. The zero-order chi connectivity index (χ0) is 18.3. The molecule has 0 unspecified atom stereocenters. The number of non-ortho nitro benzene ring substituents is 1. The molecule has 0 heterocycles. The SMILES string of the molecule is C[C@@H](NC(=O)[C@H](N)CCC(=O)O)C(=O)Nc1ccc([N+](=O)[O-])cc1. The van der Waals surface area contributed by atoms with Crippen molar-refractivity contribution in [1.82, 2.24) is 5.32 Å². The van der Waals surface area contributed by atoms with Crippen LogP contribution in [0.25, 0.3) is 0 Å². The van der Waals surface area contributed by atoms with E-state index >= 15 is 0 Å². The van der Waals surface area contributed by atoms with E-state index in [1.165, 1.54) is 31.2 Å². The summed E-state index contributed by atoms with van der Waals surface area (Å²) in [4.78, 5) is 44.1. The summed E-state index contributed by atoms with van der Waals surface area (Å²) in [6, 6.07) is 3.26. The number of carboxylic acid groups (broad SMARTS) is 1. The number of carbonyl (C=O) groups is 3. The third-order valence-electron chi connectivity index (χ3n) is 3.10. The molecular weight excluding hydrogens is 320 g/mol. The molecule has 5 N–H and O–H groups in total. The standard InChI is InChI=1S/C14H18N4O6/c1-8(16-14(22)11(15)6-7-12(19)20)13(21)17-9-2-4-10(5-3-9)18(23)24/h2-5,8,11H,6-7,15H2,1H3,(H,16,22)(H,17,21)(H,19,20)/t8-,11-/m1/s1. The van der Waals surface area contributed by atoms with Gasteiger partial charge in [0, 0.05) is 24.2 Å². The van der Waals surface area contributed by atoms with Gasteiger partial charge in [-0.05, 0) is 25.5 Å². The van der Waals surface area contributed by atoms with Crippen molar-refractivity contribution in [2.75, 3.05) is 5.32 Å². The summed E-state index contributed by atoms with van der Waals surface area (Å²) >= 11 is 0. The van der Waals surface area contributed by atoms with Gasteiger partial charge in [-0.1, -0.05) is 0 Å². The Balaban J connectivity index is 2.53. The minimum Gasteiger partial charge on any atom is -0.481 e. The maximum atomic E-state index is 12.0. The van der Waals surface area contributed by atoms with Crippen molar-refractivity contribution in [1.29, 1.82) is 0 Å². The normalized spacial score (nSPS) is 12.8. The maximum Gasteiger partial charge on any atom is 0.303 e. The number of hydrogen-bond acceptors (Lipinski definition) is 6. The number of benzene rings is 1. The Morgan fingerprint density at radius 1 is 1.25 bits per heavy atom. The Morgan fingerprint density at radius 2 is 1.83 bits per heavy atom. The minimum absolute atomic E-state index is 0.0438. The molecule has 1 aromatic rings. The topological polar surface area (TPSA) is 165 Å². The highest BCUT2D eigenvalue weighted by Gasteiger charge is 2.20. The fourth-order valence-electron chi connectivity index (χ4n) is 1.71. The molecule has 0 aliphatic carbocycles. The number of nitro groups is 1. The van der Waals surface area contributed by atoms with Gasteiger partial charge in [-0.25, -0.2) is 0 Å². The summed E-state index contributed by atoms with van der Waals surface area (Å²) in [7, 11) is 0. The molecule has 2 amide bonds. The van der Waals surface area contributed by atoms with Crippen molar-refractivity contribution in [2.24, 2.45) is 5.73 Å². The van der Waals surface area contributed by atoms with E-state index in [0.29, 0.717) is 5.69 Å². The van der Waals surface area contributed by atoms with E-state index in [9.17, 15) is 24.5 Å². The summed E-state index contributed by atoms with van der Waals surface area (Å²) in [6.07, 6.45) is -0.296. The lowest BCUT2D eigenvalue weighted by Gasteiger charge is -2.17. The molecule has 0 saturated heterocycles. The van der Waals surface area contributed by atoms with Gasteiger partial charge in [0.1, 0.15) is 6.04 Å². The molecule has 0 aliphatic heterocycles. The number of rotatable bonds is 8. The van der Waals surface area contributed by atoms with E-state index in [4.69, 9.17) is 10.8 Å². The van der Waals surface area contributed by atoms with Gasteiger partial charge in [0.2, 0.25) is 11.8 Å². The molecule has 10 heteroatoms. The molecule has 0 fully saturated rings. The average Bonchev–Trinajstić information content (AvgIpc) is 2.52. The first-order chi connectivity index (χ1) is 11.2. The highest BCUT2D eigenvalue weighted by molar-refractivity contribution is 5.97. The first kappa shape index (κ1) is 19.0. The zero-order valence-corrected chi connectivity index (χ0v) is 12.9. The molecule has 1 aromatic carbocycles. The van der Waals surface area contributed by atoms with Crippen LogP contribution in [0.3, 0.4) is 0 Å². The van der Waals surface area contributed by atoms with Crippen molar-refractivity contribution < 1.29 is 24.4 Å². The van der Waals surface area contributed by atoms with Gasteiger partial charge >= 0.3 is 5.97 Å². The van der Waals surface area contributed by atoms with Crippen LogP contribution in [0.2, 0.25) is 0 Å². The average molecular weight is 338 g/mol. The number of carbonyl (C=O) groups excluding carboxylic acids is 2. The lowest BCUT2D eigenvalue weighted by Crippen LogP contribution is -2.48. The minimum atomic E-state index is -1.07. The van der Waals surface area contributed by atoms with Gasteiger partial charge in [0.15, 0.2) is 0 Å². The smallest absolute Gasteiger partial charge is 0.303 e. The number of nitro benzene ring substituents is 1. The molecule has 0 radical (unpaired) electrons. The predicted molar refractivity (Wildman–Crippen MR) is 84.2 cm³/mol. The fraction of sp³-hybridized carbons (Fsp3) is 0.357. The fourth-order valence-corrected chi connectivity index (χ4v) is 1.71. The predicted octanol–water partition coefficient (Wildman–Crippen LogP) is 0.230. The van der Waals surface area contributed by atoms with E-state index in [2.05, 4.69) is 10.6 Å². The van der Waals surface area contributed by atoms with Gasteiger partial charge in [-0.15, -0.1) is 0 Å². The van der Waals surface area contributed by atoms with Crippen LogP contribution in [-0.2, 0) is 14.4 Å². The molecule has 0 spiro atoms. The first-order valence-electron chi connectivity index (χ1n) is 7.03. The van der Waals surface area contributed by atoms with E-state index in [1.54, 1.807) is 0 Å². The number of hydrogen-bond donors (Lipinski definition) is 4. The molecule has 0 aromatic heterocycles. The summed E-state index contributed by atoms with van der Waals surface area (Å²) < 4.78 is 0. The Morgan fingerprint density at radius 3 is 2.33 bits per heavy atom. The Bertz CT molecular complexity index is 631. The van der Waals surface area contributed by atoms with Gasteiger partial charge in [0.25, 0.3) is 5.69 Å². The molecule has 0 bridgehead atoms. The quantitative estimate of drug-likeness (QED) is 0.389. The zero-order valence-electron chi connectivity index (χ0n) is 12.9. The van der Waals surface area contributed by atoms with Crippen molar-refractivity contribution >= 4 is 29.2 Å². The second-order valence-corrected chi connectivity index (χ2v) is 5.06. The van der Waals surface area contributed by atoms with Crippen LogP contribution in [0.1, 0.15) is 19.8 Å². The largest absolute Gasteiger partial charge is 0.481 e. The third-order valence-corrected chi connectivity index (χ3v) is 3.10. The van der Waals surface area contributed by atoms with Crippen molar-refractivity contribution in [3.63, 3.8) is 0 Å². The van der Waals surface area contributed by atoms with Crippen molar-refractivity contribution in [3.05, 3.63) is 34.4 Å². The van der Waals surface area contributed by atoms with E-state index in [1.807, 2.05) is 0 Å². The Kier molecular flexibility index (Phi) is 6.80. The van der Waals surface area contributed by atoms with E-state index < -0.39 is 34.8 Å². The first-order valence-corrected chi connectivity index (χ1v) is 7.03. The number of nitrogens with two attached hydrogens (primary N) is 1. The number of carboxylic acids is 1. The summed E-state index contributed by atoms with van der Waals surface area (Å²) in [6.45, 7) is 1.43. The molecule has 2 atom stereocenters. The van der Waals surface area contributed by atoms with Crippen LogP contribution in [0.5, 0.6) is 0 Å². The highest BCUT2D eigenvalue weighted by atomic mass is 16.6. The van der Waals surface area contributed by atoms with Crippen molar-refractivity contribution in [2.45, 2.75) is 31.8 Å². The number of nitrogens with one attached hydrogen (secondary N) is 2. The lowest BCUT2D eigenvalue weighted by molar-refractivity contribution is -0.384. The molecule has 0 saturated carbocycles. The molecular formula is C14H18N4O6. The molecule has 1 rings (SSSR count). The lowest BCUT2D eigenvalue weighted by atomic mass is 10.1. The van der Waals surface area contributed by atoms with E-state index in [0.717, 1.165) is 0 Å². The van der Waals surface area contributed by atoms with Gasteiger partial charge in [0.05, 0.1) is 11.0 Å².